The molecular formula is C23H26F4N3O4S-. The van der Waals surface area contributed by atoms with Crippen LogP contribution in [0.25, 0.3) is 0 Å². The number of pyridine rings is 1. The van der Waals surface area contributed by atoms with Gasteiger partial charge in [-0.15, -0.1) is 0 Å². The monoisotopic (exact) mass is 516 g/mol. The van der Waals surface area contributed by atoms with Gasteiger partial charge in [0.25, 0.3) is 0 Å². The van der Waals surface area contributed by atoms with E-state index >= 15 is 0 Å². The van der Waals surface area contributed by atoms with E-state index in [1.165, 1.54) is 33.0 Å². The quantitative estimate of drug-likeness (QED) is 0.411. The smallest absolute Gasteiger partial charge is 0.433 e. The minimum absolute atomic E-state index is 0.124. The van der Waals surface area contributed by atoms with Crippen LogP contribution in [0, 0.1) is 12.7 Å². The number of alkyl halides is 3. The summed E-state index contributed by atoms with van der Waals surface area (Å²) in [7, 11) is 1.18. The average molecular weight is 517 g/mol. The van der Waals surface area contributed by atoms with E-state index in [2.05, 4.69) is 10.3 Å². The number of aryl methyl sites for hydroxylation is 1. The summed E-state index contributed by atoms with van der Waals surface area (Å²) in [6.07, 6.45) is -1.60. The largest absolute Gasteiger partial charge is 0.755 e. The van der Waals surface area contributed by atoms with Gasteiger partial charge < -0.3 is 18.9 Å². The zero-order chi connectivity index (χ0) is 25.9. The van der Waals surface area contributed by atoms with E-state index in [0.717, 1.165) is 42.1 Å². The minimum Gasteiger partial charge on any atom is -0.755 e. The molecule has 2 unspecified atom stereocenters. The highest BCUT2D eigenvalue weighted by atomic mass is 32.2. The molecule has 192 valence electrons. The minimum atomic E-state index is -4.64. The highest BCUT2D eigenvalue weighted by Gasteiger charge is 2.35. The predicted octanol–water partition coefficient (Wildman–Crippen LogP) is 4.52. The second kappa shape index (κ2) is 10.9. The molecule has 0 spiro atoms. The lowest BCUT2D eigenvalue weighted by Gasteiger charge is -2.23. The molecule has 7 nitrogen and oxygen atoms in total. The third-order valence-corrected chi connectivity index (χ3v) is 6.69. The maximum absolute atomic E-state index is 14.4. The number of halogens is 4. The van der Waals surface area contributed by atoms with Crippen molar-refractivity contribution in [1.82, 2.24) is 10.3 Å². The Kier molecular flexibility index (Phi) is 8.37. The topological polar surface area (TPSA) is 94.6 Å². The first-order valence-corrected chi connectivity index (χ1v) is 12.1. The second-order valence-corrected chi connectivity index (χ2v) is 9.48. The molecule has 1 N–H and O–H groups in total. The summed E-state index contributed by atoms with van der Waals surface area (Å²) in [5.74, 6) is -2.28. The van der Waals surface area contributed by atoms with Crippen LogP contribution >= 0.6 is 0 Å². The zero-order valence-corrected chi connectivity index (χ0v) is 20.3. The van der Waals surface area contributed by atoms with Gasteiger partial charge in [0.2, 0.25) is 11.8 Å². The van der Waals surface area contributed by atoms with E-state index in [1.54, 1.807) is 0 Å². The number of aromatic nitrogens is 1. The van der Waals surface area contributed by atoms with Crippen LogP contribution in [0.1, 0.15) is 60.9 Å². The molecule has 1 heterocycles. The molecule has 1 aliphatic carbocycles. The number of anilines is 1. The summed E-state index contributed by atoms with van der Waals surface area (Å²) in [6, 6.07) is 4.67. The third kappa shape index (κ3) is 6.49. The van der Waals surface area contributed by atoms with Gasteiger partial charge in [-0.05, 0) is 68.9 Å². The molecule has 3 rings (SSSR count). The van der Waals surface area contributed by atoms with Crippen LogP contribution in [0.15, 0.2) is 24.3 Å². The van der Waals surface area contributed by atoms with E-state index in [-0.39, 0.29) is 29.8 Å². The summed E-state index contributed by atoms with van der Waals surface area (Å²) in [5, 5.41) is 2.66. The summed E-state index contributed by atoms with van der Waals surface area (Å²) in [5.41, 5.74) is -0.316. The molecule has 0 bridgehead atoms. The molecule has 1 aromatic carbocycles. The standard InChI is InChI=1S/C23H27F4N3O4S/c1-13-10-20(23(25,26)27)29-22(34-16-6-4-5-7-16)17(13)12-28-21(31)14(2)15-8-9-19(18(24)11-15)30(3)35(32)33/h8-11,14,16H,4-7,12H2,1-3H3,(H,28,31)(H,32,33)/p-1. The van der Waals surface area contributed by atoms with Crippen LogP contribution in [-0.4, -0.2) is 32.8 Å². The molecule has 1 amide bonds. The molecule has 0 aliphatic heterocycles. The maximum Gasteiger partial charge on any atom is 0.433 e. The second-order valence-electron chi connectivity index (χ2n) is 8.50. The number of rotatable bonds is 8. The van der Waals surface area contributed by atoms with Crippen molar-refractivity contribution in [3.63, 3.8) is 0 Å². The number of ether oxygens (including phenoxy) is 1. The first-order chi connectivity index (χ1) is 16.4. The molecule has 35 heavy (non-hydrogen) atoms. The molecule has 2 aromatic rings. The molecule has 1 saturated carbocycles. The molecule has 1 aromatic heterocycles. The number of nitrogens with one attached hydrogen (secondary N) is 1. The van der Waals surface area contributed by atoms with Gasteiger partial charge in [-0.3, -0.25) is 9.00 Å². The van der Waals surface area contributed by atoms with Crippen molar-refractivity contribution in [2.45, 2.75) is 64.3 Å². The highest BCUT2D eigenvalue weighted by molar-refractivity contribution is 7.80. The molecule has 0 saturated heterocycles. The van der Waals surface area contributed by atoms with E-state index in [1.807, 2.05) is 0 Å². The SMILES string of the molecule is Cc1cc(C(F)(F)F)nc(OC2CCCC2)c1CNC(=O)C(C)c1ccc(N(C)S(=O)[O-])c(F)c1. The Hall–Kier alpha value is -2.73. The van der Waals surface area contributed by atoms with Crippen LogP contribution in [-0.2, 0) is 28.8 Å². The van der Waals surface area contributed by atoms with E-state index in [0.29, 0.717) is 11.1 Å². The molecule has 2 atom stereocenters. The van der Waals surface area contributed by atoms with Gasteiger partial charge in [0.15, 0.2) is 0 Å². The van der Waals surface area contributed by atoms with Crippen LogP contribution in [0.3, 0.4) is 0 Å². The third-order valence-electron chi connectivity index (χ3n) is 6.05. The summed E-state index contributed by atoms with van der Waals surface area (Å²) in [4.78, 5) is 16.5. The lowest BCUT2D eigenvalue weighted by atomic mass is 9.99. The van der Waals surface area contributed by atoms with E-state index in [4.69, 9.17) is 4.74 Å². The average Bonchev–Trinajstić information content (AvgIpc) is 3.29. The lowest BCUT2D eigenvalue weighted by molar-refractivity contribution is -0.141. The fraction of sp³-hybridized carbons (Fsp3) is 0.478. The number of hydrogen-bond acceptors (Lipinski definition) is 5. The molecule has 1 aliphatic rings. The van der Waals surface area contributed by atoms with Crippen molar-refractivity contribution >= 4 is 22.9 Å². The van der Waals surface area contributed by atoms with Crippen LogP contribution in [0.4, 0.5) is 23.2 Å². The van der Waals surface area contributed by atoms with Crippen molar-refractivity contribution in [1.29, 1.82) is 0 Å². The Morgan fingerprint density at radius 2 is 1.97 bits per heavy atom. The van der Waals surface area contributed by atoms with Gasteiger partial charge in [0, 0.05) is 30.4 Å². The van der Waals surface area contributed by atoms with Gasteiger partial charge in [0.1, 0.15) is 17.6 Å². The number of carbonyl (C=O) groups excluding carboxylic acids is 1. The maximum atomic E-state index is 14.4. The first kappa shape index (κ1) is 26.9. The summed E-state index contributed by atoms with van der Waals surface area (Å²) < 4.78 is 82.9. The van der Waals surface area contributed by atoms with Gasteiger partial charge in [-0.2, -0.15) is 13.2 Å². The fourth-order valence-electron chi connectivity index (χ4n) is 3.90. The predicted molar refractivity (Wildman–Crippen MR) is 121 cm³/mol. The van der Waals surface area contributed by atoms with Gasteiger partial charge >= 0.3 is 6.18 Å². The first-order valence-electron chi connectivity index (χ1n) is 11.0. The number of benzene rings is 1. The fourth-order valence-corrected chi connectivity index (χ4v) is 4.21. The molecule has 1 fully saturated rings. The summed E-state index contributed by atoms with van der Waals surface area (Å²) in [6.45, 7) is 2.90. The number of hydrogen-bond donors (Lipinski definition) is 1. The van der Waals surface area contributed by atoms with Crippen molar-refractivity contribution in [3.05, 3.63) is 52.5 Å². The Balaban J connectivity index is 1.78. The Bertz CT molecular complexity index is 1110. The highest BCUT2D eigenvalue weighted by Crippen LogP contribution is 2.34. The van der Waals surface area contributed by atoms with E-state index in [9.17, 15) is 31.1 Å². The Morgan fingerprint density at radius 1 is 1.31 bits per heavy atom. The van der Waals surface area contributed by atoms with Crippen molar-refractivity contribution < 1.29 is 35.9 Å². The zero-order valence-electron chi connectivity index (χ0n) is 19.4. The van der Waals surface area contributed by atoms with Crippen molar-refractivity contribution in [2.24, 2.45) is 0 Å². The van der Waals surface area contributed by atoms with Crippen molar-refractivity contribution in [2.75, 3.05) is 11.4 Å². The molecular weight excluding hydrogens is 490 g/mol. The number of amides is 1. The Labute approximate surface area is 203 Å². The van der Waals surface area contributed by atoms with E-state index < -0.39 is 40.8 Å². The lowest BCUT2D eigenvalue weighted by Crippen LogP contribution is -2.29. The number of nitrogens with zero attached hydrogens (tertiary/aromatic N) is 2. The molecule has 0 radical (unpaired) electrons. The van der Waals surface area contributed by atoms with Crippen LogP contribution < -0.4 is 14.4 Å². The van der Waals surface area contributed by atoms with Gasteiger partial charge in [-0.25, -0.2) is 9.37 Å². The number of carbonyl (C=O) groups is 1. The van der Waals surface area contributed by atoms with Gasteiger partial charge in [0.05, 0.1) is 11.6 Å². The van der Waals surface area contributed by atoms with Crippen molar-refractivity contribution in [3.8, 4) is 5.88 Å². The van der Waals surface area contributed by atoms with Gasteiger partial charge in [-0.1, -0.05) is 6.07 Å². The summed E-state index contributed by atoms with van der Waals surface area (Å²) >= 11 is -2.66. The molecule has 12 heteroatoms. The van der Waals surface area contributed by atoms with Crippen LogP contribution in [0.2, 0.25) is 0 Å². The normalized spacial score (nSPS) is 16.1. The Morgan fingerprint density at radius 3 is 2.54 bits per heavy atom. The van der Waals surface area contributed by atoms with Crippen LogP contribution in [0.5, 0.6) is 5.88 Å².